The number of anilines is 1. The van der Waals surface area contributed by atoms with Crippen molar-refractivity contribution in [3.8, 4) is 0 Å². The number of allylic oxidation sites excluding steroid dienone is 1. The van der Waals surface area contributed by atoms with Crippen molar-refractivity contribution in [2.75, 3.05) is 12.3 Å². The zero-order valence-electron chi connectivity index (χ0n) is 18.5. The Balaban J connectivity index is 1.47. The predicted octanol–water partition coefficient (Wildman–Crippen LogP) is 3.00. The maximum absolute atomic E-state index is 13.4. The second-order valence-electron chi connectivity index (χ2n) is 10.4. The van der Waals surface area contributed by atoms with Crippen LogP contribution in [-0.4, -0.2) is 34.4 Å². The first-order valence-electron chi connectivity index (χ1n) is 11.3. The Bertz CT molecular complexity index is 996. The van der Waals surface area contributed by atoms with E-state index in [1.807, 2.05) is 19.9 Å². The van der Waals surface area contributed by atoms with Gasteiger partial charge in [-0.1, -0.05) is 0 Å². The fourth-order valence-electron chi connectivity index (χ4n) is 6.72. The minimum Gasteiger partial charge on any atom is -0.386 e. The Morgan fingerprint density at radius 1 is 1.38 bits per heavy atom. The smallest absolute Gasteiger partial charge is 0.386 e. The van der Waals surface area contributed by atoms with Crippen molar-refractivity contribution < 1.29 is 18.0 Å². The molecule has 3 aliphatic carbocycles. The summed E-state index contributed by atoms with van der Waals surface area (Å²) >= 11 is 0. The molecule has 4 aliphatic rings. The number of rotatable bonds is 6. The van der Waals surface area contributed by atoms with Crippen molar-refractivity contribution in [3.05, 3.63) is 35.2 Å². The molecule has 6 nitrogen and oxygen atoms in total. The van der Waals surface area contributed by atoms with E-state index in [1.54, 1.807) is 6.92 Å². The minimum atomic E-state index is -4.60. The van der Waals surface area contributed by atoms with Crippen LogP contribution in [-0.2, 0) is 16.5 Å². The molecule has 1 saturated heterocycles. The van der Waals surface area contributed by atoms with Crippen LogP contribution < -0.4 is 16.8 Å². The van der Waals surface area contributed by atoms with Gasteiger partial charge in [0.25, 0.3) is 0 Å². The summed E-state index contributed by atoms with van der Waals surface area (Å²) in [7, 11) is 0. The first kappa shape index (κ1) is 21.6. The number of alkyl halides is 3. The Kier molecular flexibility index (Phi) is 4.46. The summed E-state index contributed by atoms with van der Waals surface area (Å²) in [5.74, 6) is 1.01. The number of nitrogen functional groups attached to an aromatic ring is 1. The lowest BCUT2D eigenvalue weighted by atomic mass is 9.59. The van der Waals surface area contributed by atoms with Crippen molar-refractivity contribution in [1.82, 2.24) is 15.2 Å². The molecule has 4 fully saturated rings. The molecule has 32 heavy (non-hydrogen) atoms. The summed E-state index contributed by atoms with van der Waals surface area (Å²) in [6.07, 6.45) is 1.25. The molecular weight excluding hydrogens is 419 g/mol. The Labute approximate surface area is 185 Å². The van der Waals surface area contributed by atoms with Crippen LogP contribution in [0, 0.1) is 23.2 Å². The van der Waals surface area contributed by atoms with Gasteiger partial charge >= 0.3 is 6.18 Å². The molecule has 0 bridgehead atoms. The summed E-state index contributed by atoms with van der Waals surface area (Å²) in [4.78, 5) is 18.1. The van der Waals surface area contributed by atoms with E-state index >= 15 is 0 Å². The molecule has 6 unspecified atom stereocenters. The van der Waals surface area contributed by atoms with Crippen LogP contribution in [0.15, 0.2) is 24.0 Å². The minimum absolute atomic E-state index is 0.0213. The van der Waals surface area contributed by atoms with Gasteiger partial charge in [-0.3, -0.25) is 4.79 Å². The average Bonchev–Trinajstić information content (AvgIpc) is 3.06. The quantitative estimate of drug-likeness (QED) is 0.620. The third-order valence-corrected chi connectivity index (χ3v) is 8.06. The van der Waals surface area contributed by atoms with Gasteiger partial charge in [-0.25, -0.2) is 4.98 Å². The SMILES string of the molecule is CC(C)NC(=CC(C)(N)c1cnc(N)c(C(F)(F)F)c1)C12C3CC1C2C3N1CCCC1=O. The number of halogens is 3. The van der Waals surface area contributed by atoms with Crippen LogP contribution >= 0.6 is 0 Å². The number of nitrogens with two attached hydrogens (primary N) is 2. The summed E-state index contributed by atoms with van der Waals surface area (Å²) in [5, 5.41) is 3.54. The van der Waals surface area contributed by atoms with Gasteiger partial charge < -0.3 is 21.7 Å². The predicted molar refractivity (Wildman–Crippen MR) is 114 cm³/mol. The number of carbonyl (C=O) groups excluding carboxylic acids is 1. The molecule has 1 aliphatic heterocycles. The van der Waals surface area contributed by atoms with Crippen LogP contribution in [0.25, 0.3) is 0 Å². The van der Waals surface area contributed by atoms with Crippen LogP contribution in [0.2, 0.25) is 0 Å². The topological polar surface area (TPSA) is 97.3 Å². The molecule has 1 aromatic heterocycles. The average molecular weight is 450 g/mol. The first-order chi connectivity index (χ1) is 14.9. The molecular formula is C23H30F3N5O. The van der Waals surface area contributed by atoms with E-state index in [0.717, 1.165) is 31.1 Å². The highest BCUT2D eigenvalue weighted by atomic mass is 19.4. The van der Waals surface area contributed by atoms with Gasteiger partial charge in [-0.15, -0.1) is 0 Å². The van der Waals surface area contributed by atoms with E-state index in [0.29, 0.717) is 30.2 Å². The number of aromatic nitrogens is 1. The lowest BCUT2D eigenvalue weighted by molar-refractivity contribution is -0.137. The molecule has 9 heteroatoms. The van der Waals surface area contributed by atoms with Gasteiger partial charge in [0.1, 0.15) is 5.82 Å². The van der Waals surface area contributed by atoms with Gasteiger partial charge in [-0.05, 0) is 69.1 Å². The highest BCUT2D eigenvalue weighted by Gasteiger charge is 2.90. The molecule has 1 aromatic rings. The van der Waals surface area contributed by atoms with E-state index in [2.05, 4.69) is 15.2 Å². The third-order valence-electron chi connectivity index (χ3n) is 8.06. The lowest BCUT2D eigenvalue weighted by Gasteiger charge is -2.52. The normalized spacial score (nSPS) is 35.2. The van der Waals surface area contributed by atoms with E-state index in [1.165, 1.54) is 6.20 Å². The maximum atomic E-state index is 13.4. The maximum Gasteiger partial charge on any atom is 0.419 e. The zero-order valence-corrected chi connectivity index (χ0v) is 18.5. The number of nitrogens with one attached hydrogen (secondary N) is 1. The number of amides is 1. The number of hydrogen-bond donors (Lipinski definition) is 3. The van der Waals surface area contributed by atoms with Crippen molar-refractivity contribution in [3.63, 3.8) is 0 Å². The number of fused-ring (bicyclic) bond motifs is 1. The molecule has 0 spiro atoms. The van der Waals surface area contributed by atoms with Crippen LogP contribution in [0.4, 0.5) is 19.0 Å². The molecule has 0 aromatic carbocycles. The second-order valence-corrected chi connectivity index (χ2v) is 10.4. The number of pyridine rings is 1. The lowest BCUT2D eigenvalue weighted by Crippen LogP contribution is -2.58. The third kappa shape index (κ3) is 2.82. The molecule has 6 atom stereocenters. The van der Waals surface area contributed by atoms with E-state index < -0.39 is 23.1 Å². The molecule has 5 rings (SSSR count). The molecule has 2 heterocycles. The number of likely N-dealkylation sites (tertiary alicyclic amines) is 1. The molecule has 3 saturated carbocycles. The highest BCUT2D eigenvalue weighted by molar-refractivity contribution is 5.79. The molecule has 0 radical (unpaired) electrons. The second kappa shape index (κ2) is 6.62. The summed E-state index contributed by atoms with van der Waals surface area (Å²) in [5.41, 5.74) is 11.1. The van der Waals surface area contributed by atoms with E-state index in [4.69, 9.17) is 11.5 Å². The summed E-state index contributed by atoms with van der Waals surface area (Å²) in [6.45, 7) is 6.60. The van der Waals surface area contributed by atoms with E-state index in [9.17, 15) is 18.0 Å². The van der Waals surface area contributed by atoms with Crippen molar-refractivity contribution in [1.29, 1.82) is 0 Å². The Hall–Kier alpha value is -2.29. The fourth-order valence-corrected chi connectivity index (χ4v) is 6.72. The number of hydrogen-bond acceptors (Lipinski definition) is 5. The van der Waals surface area contributed by atoms with Gasteiger partial charge in [0, 0.05) is 42.4 Å². The Morgan fingerprint density at radius 2 is 2.09 bits per heavy atom. The number of carbonyl (C=O) groups is 1. The van der Waals surface area contributed by atoms with Crippen molar-refractivity contribution in [2.45, 2.75) is 63.8 Å². The van der Waals surface area contributed by atoms with Gasteiger partial charge in [0.2, 0.25) is 5.91 Å². The summed E-state index contributed by atoms with van der Waals surface area (Å²) < 4.78 is 40.1. The molecule has 174 valence electrons. The zero-order chi connectivity index (χ0) is 23.2. The van der Waals surface area contributed by atoms with Gasteiger partial charge in [0.05, 0.1) is 11.1 Å². The highest BCUT2D eigenvalue weighted by Crippen LogP contribution is 2.90. The van der Waals surface area contributed by atoms with E-state index in [-0.39, 0.29) is 22.9 Å². The monoisotopic (exact) mass is 449 g/mol. The van der Waals surface area contributed by atoms with Crippen LogP contribution in [0.3, 0.4) is 0 Å². The van der Waals surface area contributed by atoms with Crippen LogP contribution in [0.1, 0.15) is 51.2 Å². The summed E-state index contributed by atoms with van der Waals surface area (Å²) in [6, 6.07) is 1.45. The van der Waals surface area contributed by atoms with Crippen molar-refractivity contribution in [2.24, 2.45) is 28.9 Å². The molecule has 1 amide bonds. The van der Waals surface area contributed by atoms with Gasteiger partial charge in [0.15, 0.2) is 0 Å². The fraction of sp³-hybridized carbons (Fsp3) is 0.652. The number of nitrogens with zero attached hydrogens (tertiary/aromatic N) is 2. The molecule has 5 N–H and O–H groups in total. The largest absolute Gasteiger partial charge is 0.419 e. The van der Waals surface area contributed by atoms with Crippen LogP contribution in [0.5, 0.6) is 0 Å². The standard InChI is InChI=1S/C23H30F3N5O/c1-11(2)30-16(9-21(3,28)12-7-15(23(24,25)26)20(27)29-10-12)22-13-8-14(22)19(18(13)22)31-6-4-5-17(31)32/h7,9-11,13-14,18-19,30H,4-6,8,28H2,1-3H3,(H2,27,29). The van der Waals surface area contributed by atoms with Gasteiger partial charge in [-0.2, -0.15) is 13.2 Å². The first-order valence-corrected chi connectivity index (χ1v) is 11.3. The van der Waals surface area contributed by atoms with Crippen molar-refractivity contribution >= 4 is 11.7 Å². The Morgan fingerprint density at radius 3 is 2.66 bits per heavy atom.